The minimum atomic E-state index is -0.539. The SMILES string of the molecule is Cc1ccc(NC(=O)Cn2c(=O)n(Cc3cccs3)c(=O)c3ncccc32)cc1. The third kappa shape index (κ3) is 3.88. The largest absolute Gasteiger partial charge is 0.332 e. The number of hydrogen-bond donors (Lipinski definition) is 1. The van der Waals surface area contributed by atoms with E-state index < -0.39 is 11.2 Å². The van der Waals surface area contributed by atoms with Crippen molar-refractivity contribution in [3.63, 3.8) is 0 Å². The molecule has 8 heteroatoms. The zero-order chi connectivity index (χ0) is 20.4. The highest BCUT2D eigenvalue weighted by molar-refractivity contribution is 7.09. The van der Waals surface area contributed by atoms with E-state index >= 15 is 0 Å². The molecule has 0 fully saturated rings. The maximum atomic E-state index is 13.1. The van der Waals surface area contributed by atoms with Crippen LogP contribution in [0.2, 0.25) is 0 Å². The number of hydrogen-bond acceptors (Lipinski definition) is 5. The molecular formula is C21H18N4O3S. The molecular weight excluding hydrogens is 388 g/mol. The minimum Gasteiger partial charge on any atom is -0.325 e. The van der Waals surface area contributed by atoms with Crippen LogP contribution in [0.5, 0.6) is 0 Å². The van der Waals surface area contributed by atoms with Crippen LogP contribution in [0.1, 0.15) is 10.4 Å². The highest BCUT2D eigenvalue weighted by Gasteiger charge is 2.16. The van der Waals surface area contributed by atoms with Gasteiger partial charge in [-0.05, 0) is 42.6 Å². The van der Waals surface area contributed by atoms with Crippen molar-refractivity contribution in [3.05, 3.63) is 91.4 Å². The predicted octanol–water partition coefficient (Wildman–Crippen LogP) is 2.62. The lowest BCUT2D eigenvalue weighted by atomic mass is 10.2. The molecule has 4 rings (SSSR count). The van der Waals surface area contributed by atoms with Gasteiger partial charge in [0.2, 0.25) is 5.91 Å². The molecule has 7 nitrogen and oxygen atoms in total. The van der Waals surface area contributed by atoms with Gasteiger partial charge in [0.1, 0.15) is 6.54 Å². The number of amides is 1. The van der Waals surface area contributed by atoms with Gasteiger partial charge in [-0.3, -0.25) is 18.7 Å². The number of nitrogens with one attached hydrogen (secondary N) is 1. The van der Waals surface area contributed by atoms with Crippen LogP contribution in [-0.4, -0.2) is 20.0 Å². The molecule has 0 aliphatic heterocycles. The van der Waals surface area contributed by atoms with E-state index in [1.807, 2.05) is 36.6 Å². The lowest BCUT2D eigenvalue weighted by molar-refractivity contribution is -0.116. The third-order valence-electron chi connectivity index (χ3n) is 4.52. The van der Waals surface area contributed by atoms with Crippen LogP contribution < -0.4 is 16.6 Å². The molecule has 1 aromatic carbocycles. The molecule has 0 spiro atoms. The molecule has 0 aliphatic rings. The Kier molecular flexibility index (Phi) is 5.09. The molecule has 0 atom stereocenters. The highest BCUT2D eigenvalue weighted by Crippen LogP contribution is 2.11. The Balaban J connectivity index is 1.74. The zero-order valence-electron chi connectivity index (χ0n) is 15.7. The molecule has 3 aromatic heterocycles. The summed E-state index contributed by atoms with van der Waals surface area (Å²) in [5.74, 6) is -0.359. The summed E-state index contributed by atoms with van der Waals surface area (Å²) in [5, 5.41) is 4.67. The maximum absolute atomic E-state index is 13.1. The minimum absolute atomic E-state index is 0.140. The molecule has 1 amide bonds. The zero-order valence-corrected chi connectivity index (χ0v) is 16.5. The monoisotopic (exact) mass is 406 g/mol. The van der Waals surface area contributed by atoms with Gasteiger partial charge < -0.3 is 5.32 Å². The maximum Gasteiger partial charge on any atom is 0.332 e. The van der Waals surface area contributed by atoms with E-state index in [4.69, 9.17) is 0 Å². The van der Waals surface area contributed by atoms with Crippen LogP contribution in [0, 0.1) is 6.92 Å². The van der Waals surface area contributed by atoms with Crippen molar-refractivity contribution in [1.82, 2.24) is 14.1 Å². The van der Waals surface area contributed by atoms with E-state index in [-0.39, 0.29) is 24.5 Å². The number of aromatic nitrogens is 3. The molecule has 0 aliphatic carbocycles. The van der Waals surface area contributed by atoms with Gasteiger partial charge in [0.25, 0.3) is 5.56 Å². The van der Waals surface area contributed by atoms with Crippen LogP contribution in [0.25, 0.3) is 11.0 Å². The van der Waals surface area contributed by atoms with Crippen molar-refractivity contribution in [2.45, 2.75) is 20.0 Å². The van der Waals surface area contributed by atoms with Gasteiger partial charge in [-0.2, -0.15) is 0 Å². The first-order chi connectivity index (χ1) is 14.0. The topological polar surface area (TPSA) is 86.0 Å². The number of carbonyl (C=O) groups excluding carboxylic acids is 1. The van der Waals surface area contributed by atoms with Crippen molar-refractivity contribution in [2.24, 2.45) is 0 Å². The Morgan fingerprint density at radius 2 is 1.86 bits per heavy atom. The Hall–Kier alpha value is -3.52. The van der Waals surface area contributed by atoms with Crippen LogP contribution >= 0.6 is 11.3 Å². The molecule has 4 aromatic rings. The average molecular weight is 406 g/mol. The van der Waals surface area contributed by atoms with E-state index in [1.54, 1.807) is 24.3 Å². The van der Waals surface area contributed by atoms with Crippen molar-refractivity contribution >= 4 is 34.0 Å². The van der Waals surface area contributed by atoms with Gasteiger partial charge in [0.05, 0.1) is 12.1 Å². The summed E-state index contributed by atoms with van der Waals surface area (Å²) in [6.45, 7) is 1.88. The summed E-state index contributed by atoms with van der Waals surface area (Å²) in [4.78, 5) is 43.5. The lowest BCUT2D eigenvalue weighted by Crippen LogP contribution is -2.42. The molecule has 146 valence electrons. The van der Waals surface area contributed by atoms with Gasteiger partial charge in [0.15, 0.2) is 5.52 Å². The molecule has 0 saturated carbocycles. The molecule has 0 saturated heterocycles. The molecule has 0 radical (unpaired) electrons. The number of benzene rings is 1. The summed E-state index contributed by atoms with van der Waals surface area (Å²) in [6, 6.07) is 14.4. The van der Waals surface area contributed by atoms with Gasteiger partial charge >= 0.3 is 5.69 Å². The van der Waals surface area contributed by atoms with E-state index in [0.717, 1.165) is 15.0 Å². The third-order valence-corrected chi connectivity index (χ3v) is 5.38. The van der Waals surface area contributed by atoms with Gasteiger partial charge in [-0.25, -0.2) is 9.78 Å². The van der Waals surface area contributed by atoms with Crippen LogP contribution in [0.4, 0.5) is 5.69 Å². The van der Waals surface area contributed by atoms with E-state index in [9.17, 15) is 14.4 Å². The molecule has 3 heterocycles. The molecule has 29 heavy (non-hydrogen) atoms. The fraction of sp³-hybridized carbons (Fsp3) is 0.143. The number of fused-ring (bicyclic) bond motifs is 1. The first-order valence-corrected chi connectivity index (χ1v) is 9.88. The lowest BCUT2D eigenvalue weighted by Gasteiger charge is -2.13. The summed E-state index contributed by atoms with van der Waals surface area (Å²) >= 11 is 1.46. The Morgan fingerprint density at radius 1 is 1.07 bits per heavy atom. The quantitative estimate of drug-likeness (QED) is 0.552. The number of thiophene rings is 1. The van der Waals surface area contributed by atoms with E-state index in [0.29, 0.717) is 11.2 Å². The number of aryl methyl sites for hydroxylation is 1. The number of pyridine rings is 1. The number of nitrogens with zero attached hydrogens (tertiary/aromatic N) is 3. The average Bonchev–Trinajstić information content (AvgIpc) is 3.23. The number of rotatable bonds is 5. The normalized spacial score (nSPS) is 10.9. The summed E-state index contributed by atoms with van der Waals surface area (Å²) in [7, 11) is 0. The number of carbonyl (C=O) groups is 1. The Bertz CT molecular complexity index is 1290. The fourth-order valence-electron chi connectivity index (χ4n) is 3.07. The smallest absolute Gasteiger partial charge is 0.325 e. The summed E-state index contributed by atoms with van der Waals surface area (Å²) in [5.41, 5.74) is 1.22. The van der Waals surface area contributed by atoms with E-state index in [1.165, 1.54) is 22.1 Å². The first kappa shape index (κ1) is 18.8. The van der Waals surface area contributed by atoms with E-state index in [2.05, 4.69) is 10.3 Å². The molecule has 1 N–H and O–H groups in total. The summed E-state index contributed by atoms with van der Waals surface area (Å²) < 4.78 is 2.42. The fourth-order valence-corrected chi connectivity index (χ4v) is 3.77. The van der Waals surface area contributed by atoms with Crippen LogP contribution in [-0.2, 0) is 17.9 Å². The van der Waals surface area contributed by atoms with Crippen LogP contribution in [0.15, 0.2) is 69.7 Å². The molecule has 0 unspecified atom stereocenters. The predicted molar refractivity (Wildman–Crippen MR) is 113 cm³/mol. The second kappa shape index (κ2) is 7.84. The van der Waals surface area contributed by atoms with Crippen molar-refractivity contribution in [2.75, 3.05) is 5.32 Å². The standard InChI is InChI=1S/C21H18N4O3S/c1-14-6-8-15(9-7-14)23-18(26)13-24-17-5-2-10-22-19(17)20(27)25(21(24)28)12-16-4-3-11-29-16/h2-11H,12-13H2,1H3,(H,23,26). The summed E-state index contributed by atoms with van der Waals surface area (Å²) in [6.07, 6.45) is 1.50. The van der Waals surface area contributed by atoms with Crippen molar-refractivity contribution in [1.29, 1.82) is 0 Å². The van der Waals surface area contributed by atoms with Gasteiger partial charge in [-0.1, -0.05) is 23.8 Å². The second-order valence-electron chi connectivity index (χ2n) is 6.62. The van der Waals surface area contributed by atoms with Gasteiger partial charge in [-0.15, -0.1) is 11.3 Å². The first-order valence-electron chi connectivity index (χ1n) is 9.00. The Labute approximate surface area is 169 Å². The number of anilines is 1. The van der Waals surface area contributed by atoms with Crippen LogP contribution in [0.3, 0.4) is 0 Å². The molecule has 0 bridgehead atoms. The van der Waals surface area contributed by atoms with Crippen molar-refractivity contribution < 1.29 is 4.79 Å². The van der Waals surface area contributed by atoms with Gasteiger partial charge in [0, 0.05) is 16.8 Å². The second-order valence-corrected chi connectivity index (χ2v) is 7.66. The highest BCUT2D eigenvalue weighted by atomic mass is 32.1. The Morgan fingerprint density at radius 3 is 2.59 bits per heavy atom. The van der Waals surface area contributed by atoms with Crippen molar-refractivity contribution in [3.8, 4) is 0 Å².